The van der Waals surface area contributed by atoms with Crippen molar-refractivity contribution in [3.05, 3.63) is 29.8 Å². The van der Waals surface area contributed by atoms with Crippen LogP contribution in [-0.2, 0) is 16.1 Å². The minimum atomic E-state index is -0.424. The lowest BCUT2D eigenvalue weighted by molar-refractivity contribution is -0.134. The Morgan fingerprint density at radius 1 is 1.38 bits per heavy atom. The van der Waals surface area contributed by atoms with E-state index in [2.05, 4.69) is 15.5 Å². The number of para-hydroxylation sites is 1. The van der Waals surface area contributed by atoms with Crippen molar-refractivity contribution in [3.8, 4) is 5.75 Å². The molecule has 1 heterocycles. The first-order valence-electron chi connectivity index (χ1n) is 8.69. The van der Waals surface area contributed by atoms with Crippen molar-refractivity contribution < 1.29 is 14.3 Å². The quantitative estimate of drug-likeness (QED) is 0.784. The third-order valence-electron chi connectivity index (χ3n) is 4.41. The first kappa shape index (κ1) is 16.8. The van der Waals surface area contributed by atoms with Crippen LogP contribution in [0, 0.1) is 0 Å². The van der Waals surface area contributed by atoms with Gasteiger partial charge in [0.1, 0.15) is 5.75 Å². The number of piperazine rings is 1. The summed E-state index contributed by atoms with van der Waals surface area (Å²) < 4.78 is 5.68. The molecule has 6 nitrogen and oxygen atoms in total. The first-order chi connectivity index (χ1) is 11.7. The second-order valence-electron chi connectivity index (χ2n) is 6.36. The molecule has 2 N–H and O–H groups in total. The maximum Gasteiger partial charge on any atom is 0.237 e. The number of nitrogens with zero attached hydrogens (tertiary/aromatic N) is 1. The predicted molar refractivity (Wildman–Crippen MR) is 90.6 cm³/mol. The van der Waals surface area contributed by atoms with Gasteiger partial charge in [0.05, 0.1) is 19.1 Å². The van der Waals surface area contributed by atoms with Crippen LogP contribution in [-0.4, -0.2) is 48.5 Å². The molecule has 1 saturated carbocycles. The first-order valence-corrected chi connectivity index (χ1v) is 8.69. The van der Waals surface area contributed by atoms with Crippen molar-refractivity contribution in [2.75, 3.05) is 19.7 Å². The molecule has 1 saturated heterocycles. The zero-order chi connectivity index (χ0) is 16.9. The van der Waals surface area contributed by atoms with E-state index in [4.69, 9.17) is 4.74 Å². The van der Waals surface area contributed by atoms with Gasteiger partial charge >= 0.3 is 0 Å². The molecule has 0 spiro atoms. The van der Waals surface area contributed by atoms with Gasteiger partial charge in [-0.2, -0.15) is 0 Å². The van der Waals surface area contributed by atoms with Gasteiger partial charge < -0.3 is 15.4 Å². The van der Waals surface area contributed by atoms with E-state index < -0.39 is 6.04 Å². The van der Waals surface area contributed by atoms with E-state index in [1.165, 1.54) is 0 Å². The zero-order valence-corrected chi connectivity index (χ0v) is 14.1. The molecule has 1 aliphatic carbocycles. The number of rotatable bonds is 7. The van der Waals surface area contributed by atoms with Crippen LogP contribution < -0.4 is 15.4 Å². The number of amides is 2. The molecule has 0 unspecified atom stereocenters. The maximum atomic E-state index is 12.3. The van der Waals surface area contributed by atoms with Crippen molar-refractivity contribution in [2.24, 2.45) is 0 Å². The van der Waals surface area contributed by atoms with E-state index in [-0.39, 0.29) is 18.2 Å². The number of carbonyl (C=O) groups is 2. The van der Waals surface area contributed by atoms with Gasteiger partial charge in [0.15, 0.2) is 0 Å². The Hall–Kier alpha value is -2.08. The Balaban J connectivity index is 1.69. The molecule has 130 valence electrons. The molecular formula is C18H25N3O3. The van der Waals surface area contributed by atoms with Crippen LogP contribution in [0.1, 0.15) is 31.7 Å². The minimum Gasteiger partial charge on any atom is -0.494 e. The molecule has 1 atom stereocenters. The maximum absolute atomic E-state index is 12.3. The lowest BCUT2D eigenvalue weighted by Gasteiger charge is -2.35. The Bertz CT molecular complexity index is 601. The molecule has 0 aromatic heterocycles. The van der Waals surface area contributed by atoms with Crippen LogP contribution in [0.3, 0.4) is 0 Å². The summed E-state index contributed by atoms with van der Waals surface area (Å²) in [5, 5.41) is 5.84. The van der Waals surface area contributed by atoms with Crippen LogP contribution in [0.2, 0.25) is 0 Å². The molecule has 2 fully saturated rings. The van der Waals surface area contributed by atoms with Gasteiger partial charge in [-0.1, -0.05) is 18.2 Å². The number of ether oxygens (including phenoxy) is 1. The number of benzene rings is 1. The summed E-state index contributed by atoms with van der Waals surface area (Å²) in [6.45, 7) is 4.50. The summed E-state index contributed by atoms with van der Waals surface area (Å²) in [5.74, 6) is 0.732. The average Bonchev–Trinajstić information content (AvgIpc) is 3.37. The van der Waals surface area contributed by atoms with Gasteiger partial charge in [-0.15, -0.1) is 0 Å². The second-order valence-corrected chi connectivity index (χ2v) is 6.36. The van der Waals surface area contributed by atoms with Gasteiger partial charge in [-0.05, 0) is 25.8 Å². The fourth-order valence-corrected chi connectivity index (χ4v) is 3.01. The number of hydrogen-bond donors (Lipinski definition) is 2. The molecule has 3 rings (SSSR count). The van der Waals surface area contributed by atoms with Crippen molar-refractivity contribution in [1.82, 2.24) is 15.5 Å². The Labute approximate surface area is 142 Å². The van der Waals surface area contributed by atoms with Gasteiger partial charge in [-0.25, -0.2) is 0 Å². The van der Waals surface area contributed by atoms with Crippen LogP contribution in [0.25, 0.3) is 0 Å². The van der Waals surface area contributed by atoms with Crippen LogP contribution >= 0.6 is 0 Å². The highest BCUT2D eigenvalue weighted by molar-refractivity contribution is 5.89. The molecule has 1 aromatic carbocycles. The highest BCUT2D eigenvalue weighted by atomic mass is 16.5. The highest BCUT2D eigenvalue weighted by Gasteiger charge is 2.33. The highest BCUT2D eigenvalue weighted by Crippen LogP contribution is 2.23. The lowest BCUT2D eigenvalue weighted by atomic mass is 10.1. The second kappa shape index (κ2) is 7.66. The molecule has 1 aromatic rings. The molecular weight excluding hydrogens is 306 g/mol. The summed E-state index contributed by atoms with van der Waals surface area (Å²) in [6, 6.07) is 7.76. The number of carbonyl (C=O) groups excluding carboxylic acids is 2. The van der Waals surface area contributed by atoms with Crippen molar-refractivity contribution in [3.63, 3.8) is 0 Å². The third kappa shape index (κ3) is 4.26. The van der Waals surface area contributed by atoms with E-state index in [9.17, 15) is 9.59 Å². The molecule has 2 amide bonds. The van der Waals surface area contributed by atoms with E-state index in [0.29, 0.717) is 25.7 Å². The molecule has 0 radical (unpaired) electrons. The summed E-state index contributed by atoms with van der Waals surface area (Å²) in [5.41, 5.74) is 1.04. The Morgan fingerprint density at radius 2 is 2.17 bits per heavy atom. The zero-order valence-electron chi connectivity index (χ0n) is 14.1. The summed E-state index contributed by atoms with van der Waals surface area (Å²) >= 11 is 0. The Kier molecular flexibility index (Phi) is 5.35. The number of nitrogens with one attached hydrogen (secondary N) is 2. The van der Waals surface area contributed by atoms with Crippen molar-refractivity contribution in [2.45, 2.75) is 44.8 Å². The smallest absolute Gasteiger partial charge is 0.237 e. The number of hydrogen-bond acceptors (Lipinski definition) is 4. The van der Waals surface area contributed by atoms with Crippen LogP contribution in [0.15, 0.2) is 24.3 Å². The largest absolute Gasteiger partial charge is 0.494 e. The summed E-state index contributed by atoms with van der Waals surface area (Å²) in [6.07, 6.45) is 2.31. The van der Waals surface area contributed by atoms with Crippen molar-refractivity contribution >= 4 is 11.8 Å². The van der Waals surface area contributed by atoms with Crippen LogP contribution in [0.5, 0.6) is 5.75 Å². The fraction of sp³-hybridized carbons (Fsp3) is 0.556. The van der Waals surface area contributed by atoms with Gasteiger partial charge in [0.25, 0.3) is 0 Å². The van der Waals surface area contributed by atoms with E-state index in [1.807, 2.05) is 31.2 Å². The predicted octanol–water partition coefficient (Wildman–Crippen LogP) is 1.05. The average molecular weight is 331 g/mol. The fourth-order valence-electron chi connectivity index (χ4n) is 3.01. The third-order valence-corrected chi connectivity index (χ3v) is 4.41. The van der Waals surface area contributed by atoms with E-state index in [0.717, 1.165) is 30.7 Å². The molecule has 1 aliphatic heterocycles. The lowest BCUT2D eigenvalue weighted by Crippen LogP contribution is -2.56. The monoisotopic (exact) mass is 331 g/mol. The molecule has 6 heteroatoms. The van der Waals surface area contributed by atoms with Gasteiger partial charge in [0.2, 0.25) is 11.8 Å². The topological polar surface area (TPSA) is 70.7 Å². The van der Waals surface area contributed by atoms with Crippen LogP contribution in [0.4, 0.5) is 0 Å². The standard InChI is InChI=1S/C18H25N3O3/c1-2-24-16-6-4-3-5-13(16)12-21-10-9-19-18(23)15(21)11-17(22)20-14-7-8-14/h3-6,14-15H,2,7-12H2,1H3,(H,19,23)(H,20,22)/t15-/m1/s1. The van der Waals surface area contributed by atoms with E-state index >= 15 is 0 Å². The Morgan fingerprint density at radius 3 is 2.92 bits per heavy atom. The molecule has 2 aliphatic rings. The molecule has 0 bridgehead atoms. The van der Waals surface area contributed by atoms with Gasteiger partial charge in [0, 0.05) is 31.2 Å². The van der Waals surface area contributed by atoms with E-state index in [1.54, 1.807) is 0 Å². The van der Waals surface area contributed by atoms with Gasteiger partial charge in [-0.3, -0.25) is 14.5 Å². The SMILES string of the molecule is CCOc1ccccc1CN1CCNC(=O)[C@H]1CC(=O)NC1CC1. The summed E-state index contributed by atoms with van der Waals surface area (Å²) in [4.78, 5) is 26.5. The summed E-state index contributed by atoms with van der Waals surface area (Å²) in [7, 11) is 0. The van der Waals surface area contributed by atoms with Crippen molar-refractivity contribution in [1.29, 1.82) is 0 Å². The normalized spacial score (nSPS) is 21.2. The minimum absolute atomic E-state index is 0.0392. The molecule has 24 heavy (non-hydrogen) atoms.